The summed E-state index contributed by atoms with van der Waals surface area (Å²) in [5, 5.41) is 19.2. The second kappa shape index (κ2) is 13.1. The van der Waals surface area contributed by atoms with Crippen LogP contribution in [0.4, 0.5) is 0 Å². The number of phenolic OH excluding ortho intramolecular Hbond substituents is 1. The van der Waals surface area contributed by atoms with Crippen LogP contribution in [0.2, 0.25) is 0 Å². The third kappa shape index (κ3) is 6.91. The van der Waals surface area contributed by atoms with E-state index >= 15 is 0 Å². The summed E-state index contributed by atoms with van der Waals surface area (Å²) < 4.78 is 2.37. The lowest BCUT2D eigenvalue weighted by Gasteiger charge is -2.25. The Hall–Kier alpha value is -4.68. The molecule has 208 valence electrons. The van der Waals surface area contributed by atoms with Crippen LogP contribution >= 0.6 is 0 Å². The first-order valence-electron chi connectivity index (χ1n) is 14.0. The summed E-state index contributed by atoms with van der Waals surface area (Å²) in [5.41, 5.74) is 6.65. The smallest absolute Gasteiger partial charge is 0.335 e. The third-order valence-electron chi connectivity index (χ3n) is 7.21. The molecule has 0 aliphatic carbocycles. The van der Waals surface area contributed by atoms with E-state index in [0.717, 1.165) is 58.9 Å². The number of hydrogen-bond acceptors (Lipinski definition) is 4. The molecule has 0 amide bonds. The number of nitrogens with zero attached hydrogens (tertiary/aromatic N) is 3. The summed E-state index contributed by atoms with van der Waals surface area (Å²) >= 11 is 0. The van der Waals surface area contributed by atoms with Crippen molar-refractivity contribution in [3.05, 3.63) is 132 Å². The van der Waals surface area contributed by atoms with Crippen molar-refractivity contribution in [2.75, 3.05) is 0 Å². The number of carboxylic acid groups (broad SMARTS) is 1. The molecule has 4 aromatic carbocycles. The van der Waals surface area contributed by atoms with E-state index in [2.05, 4.69) is 40.7 Å². The van der Waals surface area contributed by atoms with Crippen LogP contribution in [0.15, 0.2) is 109 Å². The molecule has 1 aromatic heterocycles. The van der Waals surface area contributed by atoms with Gasteiger partial charge in [0.1, 0.15) is 11.6 Å². The Balaban J connectivity index is 1.59. The lowest BCUT2D eigenvalue weighted by atomic mass is 10.1. The van der Waals surface area contributed by atoms with Crippen LogP contribution in [0, 0.1) is 0 Å². The Morgan fingerprint density at radius 3 is 1.88 bits per heavy atom. The first-order valence-corrected chi connectivity index (χ1v) is 14.0. The molecule has 0 spiro atoms. The van der Waals surface area contributed by atoms with Crippen LogP contribution in [0.25, 0.3) is 22.6 Å². The third-order valence-corrected chi connectivity index (χ3v) is 7.21. The van der Waals surface area contributed by atoms with Crippen molar-refractivity contribution in [3.8, 4) is 28.4 Å². The van der Waals surface area contributed by atoms with Crippen molar-refractivity contribution < 1.29 is 15.0 Å². The van der Waals surface area contributed by atoms with Gasteiger partial charge < -0.3 is 14.8 Å². The summed E-state index contributed by atoms with van der Waals surface area (Å²) in [6.45, 7) is 4.96. The van der Waals surface area contributed by atoms with E-state index in [9.17, 15) is 15.0 Å². The number of unbranched alkanes of at least 4 members (excludes halogenated alkanes) is 1. The van der Waals surface area contributed by atoms with Crippen molar-refractivity contribution >= 4 is 5.97 Å². The maximum absolute atomic E-state index is 11.4. The minimum atomic E-state index is -0.932. The van der Waals surface area contributed by atoms with E-state index in [1.54, 1.807) is 24.3 Å². The fourth-order valence-corrected chi connectivity index (χ4v) is 5.09. The molecule has 0 radical (unpaired) electrons. The molecular formula is C35H35N3O3. The van der Waals surface area contributed by atoms with Crippen molar-refractivity contribution in [2.45, 2.75) is 45.9 Å². The number of rotatable bonds is 12. The Kier molecular flexibility index (Phi) is 8.92. The molecule has 6 nitrogen and oxygen atoms in total. The van der Waals surface area contributed by atoms with Crippen LogP contribution in [0.1, 0.15) is 46.9 Å². The summed E-state index contributed by atoms with van der Waals surface area (Å²) in [7, 11) is 0. The maximum Gasteiger partial charge on any atom is 0.335 e. The molecule has 0 unspecified atom stereocenters. The largest absolute Gasteiger partial charge is 0.508 e. The average molecular weight is 546 g/mol. The lowest BCUT2D eigenvalue weighted by molar-refractivity contribution is 0.0697. The standard InChI is InChI=1S/C35H35N3O3/c1-2-3-22-38-32(33(28-10-6-4-7-11-28)36-34(38)29-12-8-5-9-13-29)25-37(24-27-16-20-31(39)21-17-27)23-26-14-18-30(19-15-26)35(40)41/h4-21,39H,2-3,22-25H2,1H3,(H,40,41). The van der Waals surface area contributed by atoms with Gasteiger partial charge in [0.25, 0.3) is 0 Å². The molecule has 0 atom stereocenters. The molecule has 0 aliphatic rings. The van der Waals surface area contributed by atoms with Gasteiger partial charge in [-0.2, -0.15) is 0 Å². The van der Waals surface area contributed by atoms with E-state index in [1.165, 1.54) is 0 Å². The highest BCUT2D eigenvalue weighted by Gasteiger charge is 2.22. The van der Waals surface area contributed by atoms with E-state index in [4.69, 9.17) is 4.98 Å². The molecule has 0 fully saturated rings. The summed E-state index contributed by atoms with van der Waals surface area (Å²) in [4.78, 5) is 19.0. The number of hydrogen-bond donors (Lipinski definition) is 2. The number of aromatic carboxylic acids is 1. The van der Waals surface area contributed by atoms with E-state index < -0.39 is 5.97 Å². The number of aromatic nitrogens is 2. The van der Waals surface area contributed by atoms with Crippen LogP contribution < -0.4 is 0 Å². The van der Waals surface area contributed by atoms with Gasteiger partial charge in [0, 0.05) is 37.3 Å². The first kappa shape index (κ1) is 27.9. The predicted octanol–water partition coefficient (Wildman–Crippen LogP) is 7.62. The number of phenols is 1. The predicted molar refractivity (Wildman–Crippen MR) is 162 cm³/mol. The number of aromatic hydroxyl groups is 1. The minimum Gasteiger partial charge on any atom is -0.508 e. The topological polar surface area (TPSA) is 78.6 Å². The van der Waals surface area contributed by atoms with Gasteiger partial charge in [-0.1, -0.05) is 98.3 Å². The molecule has 5 aromatic rings. The van der Waals surface area contributed by atoms with Gasteiger partial charge in [-0.3, -0.25) is 4.90 Å². The maximum atomic E-state index is 11.4. The highest BCUT2D eigenvalue weighted by atomic mass is 16.4. The van der Waals surface area contributed by atoms with Crippen molar-refractivity contribution in [3.63, 3.8) is 0 Å². The number of imidazole rings is 1. The summed E-state index contributed by atoms with van der Waals surface area (Å²) in [6, 6.07) is 35.1. The van der Waals surface area contributed by atoms with E-state index in [0.29, 0.717) is 19.6 Å². The Morgan fingerprint density at radius 1 is 0.756 bits per heavy atom. The van der Waals surface area contributed by atoms with Gasteiger partial charge >= 0.3 is 5.97 Å². The normalized spacial score (nSPS) is 11.2. The lowest BCUT2D eigenvalue weighted by Crippen LogP contribution is -2.24. The van der Waals surface area contributed by atoms with Gasteiger partial charge in [-0.15, -0.1) is 0 Å². The molecule has 1 heterocycles. The minimum absolute atomic E-state index is 0.237. The SMILES string of the molecule is CCCCn1c(-c2ccccc2)nc(-c2ccccc2)c1CN(Cc1ccc(O)cc1)Cc1ccc(C(=O)O)cc1. The van der Waals surface area contributed by atoms with Crippen molar-refractivity contribution in [1.29, 1.82) is 0 Å². The molecule has 0 saturated heterocycles. The van der Waals surface area contributed by atoms with E-state index in [-0.39, 0.29) is 11.3 Å². The highest BCUT2D eigenvalue weighted by molar-refractivity contribution is 5.87. The quantitative estimate of drug-likeness (QED) is 0.169. The Bertz CT molecular complexity index is 1560. The van der Waals surface area contributed by atoms with E-state index in [1.807, 2.05) is 60.7 Å². The van der Waals surface area contributed by atoms with Gasteiger partial charge in [-0.05, 0) is 41.8 Å². The molecule has 0 aliphatic heterocycles. The fraction of sp³-hybridized carbons (Fsp3) is 0.200. The second-order valence-corrected chi connectivity index (χ2v) is 10.3. The second-order valence-electron chi connectivity index (χ2n) is 10.3. The van der Waals surface area contributed by atoms with Crippen molar-refractivity contribution in [1.82, 2.24) is 14.5 Å². The Labute approximate surface area is 241 Å². The average Bonchev–Trinajstić information content (AvgIpc) is 3.36. The van der Waals surface area contributed by atoms with Crippen molar-refractivity contribution in [2.24, 2.45) is 0 Å². The zero-order chi connectivity index (χ0) is 28.6. The number of carbonyl (C=O) groups is 1. The molecule has 0 bridgehead atoms. The van der Waals surface area contributed by atoms with Gasteiger partial charge in [0.05, 0.1) is 17.0 Å². The summed E-state index contributed by atoms with van der Waals surface area (Å²) in [6.07, 6.45) is 2.10. The van der Waals surface area contributed by atoms with Gasteiger partial charge in [-0.25, -0.2) is 9.78 Å². The number of carboxylic acids is 1. The highest BCUT2D eigenvalue weighted by Crippen LogP contribution is 2.32. The zero-order valence-corrected chi connectivity index (χ0v) is 23.3. The zero-order valence-electron chi connectivity index (χ0n) is 23.3. The molecule has 2 N–H and O–H groups in total. The Morgan fingerprint density at radius 2 is 1.32 bits per heavy atom. The van der Waals surface area contributed by atoms with Gasteiger partial charge in [0.2, 0.25) is 0 Å². The van der Waals surface area contributed by atoms with Crippen LogP contribution in [-0.4, -0.2) is 30.6 Å². The number of benzene rings is 4. The van der Waals surface area contributed by atoms with Gasteiger partial charge in [0.15, 0.2) is 0 Å². The monoisotopic (exact) mass is 545 g/mol. The molecule has 41 heavy (non-hydrogen) atoms. The molecular weight excluding hydrogens is 510 g/mol. The first-order chi connectivity index (χ1) is 20.0. The molecule has 5 rings (SSSR count). The molecule has 0 saturated carbocycles. The van der Waals surface area contributed by atoms with Crippen LogP contribution in [-0.2, 0) is 26.2 Å². The van der Waals surface area contributed by atoms with Crippen LogP contribution in [0.5, 0.6) is 5.75 Å². The van der Waals surface area contributed by atoms with Crippen LogP contribution in [0.3, 0.4) is 0 Å². The fourth-order valence-electron chi connectivity index (χ4n) is 5.09. The summed E-state index contributed by atoms with van der Waals surface area (Å²) in [5.74, 6) is 0.266. The molecule has 6 heteroatoms.